The fourth-order valence-corrected chi connectivity index (χ4v) is 4.23. The molecule has 0 saturated heterocycles. The Morgan fingerprint density at radius 1 is 1.13 bits per heavy atom. The predicted octanol–water partition coefficient (Wildman–Crippen LogP) is 4.73. The molecule has 0 radical (unpaired) electrons. The summed E-state index contributed by atoms with van der Waals surface area (Å²) in [4.78, 5) is 17.5. The first-order chi connectivity index (χ1) is 14.6. The van der Waals surface area contributed by atoms with Crippen LogP contribution in [0.1, 0.15) is 36.6 Å². The highest BCUT2D eigenvalue weighted by Crippen LogP contribution is 2.37. The van der Waals surface area contributed by atoms with Crippen molar-refractivity contribution in [3.05, 3.63) is 82.6 Å². The molecule has 2 aromatic carbocycles. The van der Waals surface area contributed by atoms with Crippen molar-refractivity contribution in [1.82, 2.24) is 14.8 Å². The summed E-state index contributed by atoms with van der Waals surface area (Å²) < 4.78 is 7.14. The molecular formula is C23H24N4O2S. The first-order valence-corrected chi connectivity index (χ1v) is 10.9. The third-order valence-corrected chi connectivity index (χ3v) is 5.84. The van der Waals surface area contributed by atoms with Crippen LogP contribution in [0.3, 0.4) is 0 Å². The zero-order chi connectivity index (χ0) is 21.1. The molecule has 2 heterocycles. The summed E-state index contributed by atoms with van der Waals surface area (Å²) in [7, 11) is 0. The standard InChI is InChI=1S/C23H24N4O2S/c1-4-29-21(28)19-16(3)24-22-25-23(30-14-17-8-6-5-7-9-17)26-27(22)20(19)18-12-10-15(2)11-13-18/h5-13,20H,4,14H2,1-3H3,(H,24,25,26). The number of hydrogen-bond donors (Lipinski definition) is 1. The fraction of sp³-hybridized carbons (Fsp3) is 0.261. The summed E-state index contributed by atoms with van der Waals surface area (Å²) in [5, 5.41) is 8.63. The van der Waals surface area contributed by atoms with E-state index in [-0.39, 0.29) is 12.0 Å². The molecule has 0 amide bonds. The Kier molecular flexibility index (Phi) is 5.90. The van der Waals surface area contributed by atoms with Crippen molar-refractivity contribution >= 4 is 23.7 Å². The first-order valence-electron chi connectivity index (χ1n) is 9.91. The van der Waals surface area contributed by atoms with E-state index < -0.39 is 0 Å². The zero-order valence-corrected chi connectivity index (χ0v) is 18.1. The number of anilines is 1. The van der Waals surface area contributed by atoms with E-state index in [1.54, 1.807) is 16.4 Å². The molecule has 7 heteroatoms. The van der Waals surface area contributed by atoms with E-state index in [0.717, 1.165) is 22.6 Å². The topological polar surface area (TPSA) is 69.0 Å². The van der Waals surface area contributed by atoms with Gasteiger partial charge in [-0.25, -0.2) is 9.48 Å². The molecule has 154 valence electrons. The predicted molar refractivity (Wildman–Crippen MR) is 118 cm³/mol. The van der Waals surface area contributed by atoms with Gasteiger partial charge in [0.2, 0.25) is 11.1 Å². The van der Waals surface area contributed by atoms with Gasteiger partial charge in [0.1, 0.15) is 6.04 Å². The van der Waals surface area contributed by atoms with Gasteiger partial charge in [0.25, 0.3) is 0 Å². The SMILES string of the molecule is CCOC(=O)C1=C(C)Nc2nc(SCc3ccccc3)nn2C1c1ccc(C)cc1. The number of aryl methyl sites for hydroxylation is 1. The van der Waals surface area contributed by atoms with Crippen LogP contribution in [0.5, 0.6) is 0 Å². The number of carbonyl (C=O) groups is 1. The van der Waals surface area contributed by atoms with Crippen LogP contribution in [0.4, 0.5) is 5.95 Å². The van der Waals surface area contributed by atoms with Gasteiger partial charge in [-0.05, 0) is 31.9 Å². The first kappa shape index (κ1) is 20.2. The van der Waals surface area contributed by atoms with Crippen molar-refractivity contribution in [2.45, 2.75) is 37.7 Å². The lowest BCUT2D eigenvalue weighted by Gasteiger charge is -2.28. The summed E-state index contributed by atoms with van der Waals surface area (Å²) >= 11 is 1.57. The average molecular weight is 421 g/mol. The van der Waals surface area contributed by atoms with E-state index in [9.17, 15) is 4.79 Å². The van der Waals surface area contributed by atoms with Gasteiger partial charge in [-0.3, -0.25) is 0 Å². The molecule has 0 aliphatic carbocycles. The van der Waals surface area contributed by atoms with Gasteiger partial charge in [0.05, 0.1) is 12.2 Å². The molecular weight excluding hydrogens is 396 g/mol. The van der Waals surface area contributed by atoms with Crippen LogP contribution in [0.25, 0.3) is 0 Å². The second kappa shape index (κ2) is 8.75. The minimum absolute atomic E-state index is 0.318. The molecule has 30 heavy (non-hydrogen) atoms. The minimum Gasteiger partial charge on any atom is -0.463 e. The van der Waals surface area contributed by atoms with Crippen molar-refractivity contribution < 1.29 is 9.53 Å². The number of nitrogens with one attached hydrogen (secondary N) is 1. The molecule has 0 bridgehead atoms. The number of allylic oxidation sites excluding steroid dienone is 1. The summed E-state index contributed by atoms with van der Waals surface area (Å²) in [5.41, 5.74) is 4.62. The van der Waals surface area contributed by atoms with Crippen LogP contribution in [0.2, 0.25) is 0 Å². The van der Waals surface area contributed by atoms with Crippen molar-refractivity contribution in [3.8, 4) is 0 Å². The van der Waals surface area contributed by atoms with E-state index in [0.29, 0.717) is 23.3 Å². The van der Waals surface area contributed by atoms with E-state index in [1.165, 1.54) is 5.56 Å². The second-order valence-electron chi connectivity index (χ2n) is 7.13. The van der Waals surface area contributed by atoms with Crippen molar-refractivity contribution in [2.24, 2.45) is 0 Å². The number of esters is 1. The highest BCUT2D eigenvalue weighted by molar-refractivity contribution is 7.98. The van der Waals surface area contributed by atoms with E-state index in [1.807, 2.05) is 63.2 Å². The summed E-state index contributed by atoms with van der Waals surface area (Å²) in [5.74, 6) is 1.06. The molecule has 1 N–H and O–H groups in total. The number of fused-ring (bicyclic) bond motifs is 1. The molecule has 0 spiro atoms. The Balaban J connectivity index is 1.70. The molecule has 3 aromatic rings. The van der Waals surface area contributed by atoms with Crippen LogP contribution in [-0.4, -0.2) is 27.3 Å². The Morgan fingerprint density at radius 3 is 2.57 bits per heavy atom. The molecule has 6 nitrogen and oxygen atoms in total. The van der Waals surface area contributed by atoms with Gasteiger partial charge in [-0.2, -0.15) is 4.98 Å². The Bertz CT molecular complexity index is 1070. The van der Waals surface area contributed by atoms with Crippen LogP contribution in [0, 0.1) is 6.92 Å². The van der Waals surface area contributed by atoms with Gasteiger partial charge in [-0.1, -0.05) is 71.9 Å². The molecule has 1 aromatic heterocycles. The van der Waals surface area contributed by atoms with Crippen LogP contribution >= 0.6 is 11.8 Å². The average Bonchev–Trinajstić information content (AvgIpc) is 3.15. The quantitative estimate of drug-likeness (QED) is 0.459. The zero-order valence-electron chi connectivity index (χ0n) is 17.3. The van der Waals surface area contributed by atoms with Crippen molar-refractivity contribution in [1.29, 1.82) is 0 Å². The smallest absolute Gasteiger partial charge is 0.338 e. The maximum absolute atomic E-state index is 12.8. The summed E-state index contributed by atoms with van der Waals surface area (Å²) in [6.07, 6.45) is 0. The molecule has 4 rings (SSSR count). The maximum Gasteiger partial charge on any atom is 0.338 e. The van der Waals surface area contributed by atoms with E-state index in [2.05, 4.69) is 22.4 Å². The van der Waals surface area contributed by atoms with Gasteiger partial charge in [0.15, 0.2) is 0 Å². The molecule has 0 saturated carbocycles. The number of rotatable bonds is 6. The number of thioether (sulfide) groups is 1. The number of ether oxygens (including phenoxy) is 1. The number of carbonyl (C=O) groups excluding carboxylic acids is 1. The van der Waals surface area contributed by atoms with Crippen molar-refractivity contribution in [3.63, 3.8) is 0 Å². The lowest BCUT2D eigenvalue weighted by atomic mass is 9.95. The third-order valence-electron chi connectivity index (χ3n) is 4.93. The van der Waals surface area contributed by atoms with Gasteiger partial charge < -0.3 is 10.1 Å². The Hall–Kier alpha value is -3.06. The fourth-order valence-electron chi connectivity index (χ4n) is 3.44. The lowest BCUT2D eigenvalue weighted by Crippen LogP contribution is -2.29. The normalized spacial score (nSPS) is 15.5. The minimum atomic E-state index is -0.389. The second-order valence-corrected chi connectivity index (χ2v) is 8.08. The van der Waals surface area contributed by atoms with Crippen LogP contribution < -0.4 is 5.32 Å². The number of hydrogen-bond acceptors (Lipinski definition) is 6. The van der Waals surface area contributed by atoms with Gasteiger partial charge in [-0.15, -0.1) is 5.10 Å². The summed E-state index contributed by atoms with van der Waals surface area (Å²) in [6, 6.07) is 18.0. The monoisotopic (exact) mass is 420 g/mol. The largest absolute Gasteiger partial charge is 0.463 e. The Labute approximate surface area is 180 Å². The van der Waals surface area contributed by atoms with E-state index >= 15 is 0 Å². The number of nitrogens with zero attached hydrogens (tertiary/aromatic N) is 3. The molecule has 0 fully saturated rings. The molecule has 1 unspecified atom stereocenters. The van der Waals surface area contributed by atoms with Gasteiger partial charge in [0, 0.05) is 11.4 Å². The highest BCUT2D eigenvalue weighted by Gasteiger charge is 2.35. The van der Waals surface area contributed by atoms with Crippen molar-refractivity contribution in [2.75, 3.05) is 11.9 Å². The molecule has 1 aliphatic heterocycles. The lowest BCUT2D eigenvalue weighted by molar-refractivity contribution is -0.139. The van der Waals surface area contributed by atoms with E-state index in [4.69, 9.17) is 9.84 Å². The maximum atomic E-state index is 12.8. The molecule has 1 atom stereocenters. The third kappa shape index (κ3) is 4.11. The van der Waals surface area contributed by atoms with Crippen LogP contribution in [0.15, 0.2) is 71.0 Å². The number of benzene rings is 2. The van der Waals surface area contributed by atoms with Crippen LogP contribution in [-0.2, 0) is 15.3 Å². The Morgan fingerprint density at radius 2 is 1.87 bits per heavy atom. The summed E-state index contributed by atoms with van der Waals surface area (Å²) in [6.45, 7) is 6.05. The number of aromatic nitrogens is 3. The van der Waals surface area contributed by atoms with Gasteiger partial charge >= 0.3 is 5.97 Å². The molecule has 1 aliphatic rings. The highest BCUT2D eigenvalue weighted by atomic mass is 32.2.